The van der Waals surface area contributed by atoms with Crippen LogP contribution in [0.25, 0.3) is 102 Å². The minimum atomic E-state index is -0.240. The average molecular weight is 1480 g/mol. The number of unbranched alkanes of at least 4 members (excludes halogenated alkanes) is 18. The number of imide groups is 1. The molecule has 0 N–H and O–H groups in total. The molecule has 0 fully saturated rings. The number of thiophene rings is 6. The van der Waals surface area contributed by atoms with Crippen molar-refractivity contribution < 1.29 is 9.59 Å². The van der Waals surface area contributed by atoms with Gasteiger partial charge in [0.25, 0.3) is 11.8 Å². The lowest BCUT2D eigenvalue weighted by atomic mass is 9.83. The fourth-order valence-electron chi connectivity index (χ4n) is 16.6. The minimum Gasteiger partial charge on any atom is -0.268 e. The van der Waals surface area contributed by atoms with Crippen LogP contribution in [0.1, 0.15) is 300 Å². The molecular formula is C94H111NO2S6. The first-order valence-electron chi connectivity index (χ1n) is 40.3. The fraction of sp³-hybridized carbons (Fsp3) is 0.447. The van der Waals surface area contributed by atoms with Crippen LogP contribution in [0, 0.1) is 0 Å². The van der Waals surface area contributed by atoms with E-state index in [1.54, 1.807) is 22.3 Å². The zero-order chi connectivity index (χ0) is 71.7. The van der Waals surface area contributed by atoms with Crippen molar-refractivity contribution in [2.45, 2.75) is 274 Å². The molecule has 6 aromatic heterocycles. The van der Waals surface area contributed by atoms with E-state index < -0.39 is 0 Å². The van der Waals surface area contributed by atoms with Crippen molar-refractivity contribution in [1.29, 1.82) is 0 Å². The molecule has 0 aliphatic carbocycles. The first-order valence-corrected chi connectivity index (χ1v) is 45.3. The summed E-state index contributed by atoms with van der Waals surface area (Å²) < 4.78 is 0. The third kappa shape index (κ3) is 15.9. The van der Waals surface area contributed by atoms with E-state index in [2.05, 4.69) is 217 Å². The van der Waals surface area contributed by atoms with Crippen LogP contribution in [0.4, 0.5) is 5.69 Å². The monoisotopic (exact) mass is 1480 g/mol. The predicted octanol–water partition coefficient (Wildman–Crippen LogP) is 31.9. The third-order valence-electron chi connectivity index (χ3n) is 22.2. The maximum absolute atomic E-state index is 15.2. The van der Waals surface area contributed by atoms with Crippen molar-refractivity contribution in [1.82, 2.24) is 0 Å². The summed E-state index contributed by atoms with van der Waals surface area (Å²) in [7, 11) is 0. The lowest BCUT2D eigenvalue weighted by molar-refractivity contribution is 0.0892. The highest BCUT2D eigenvalue weighted by molar-refractivity contribution is 7.31. The number of amides is 2. The Morgan fingerprint density at radius 3 is 1.01 bits per heavy atom. The Labute approximate surface area is 641 Å². The minimum absolute atomic E-state index is 0.127. The maximum Gasteiger partial charge on any atom is 0.266 e. The summed E-state index contributed by atoms with van der Waals surface area (Å²) in [6.07, 6.45) is 36.9. The van der Waals surface area contributed by atoms with Gasteiger partial charge in [0.1, 0.15) is 0 Å². The van der Waals surface area contributed by atoms with Crippen molar-refractivity contribution in [3.63, 3.8) is 0 Å². The van der Waals surface area contributed by atoms with E-state index in [4.69, 9.17) is 0 Å². The molecule has 9 heteroatoms. The van der Waals surface area contributed by atoms with Crippen LogP contribution in [0.5, 0.6) is 0 Å². The van der Waals surface area contributed by atoms with Gasteiger partial charge in [-0.1, -0.05) is 245 Å². The molecule has 0 spiro atoms. The Bertz CT molecular complexity index is 4770. The van der Waals surface area contributed by atoms with E-state index in [9.17, 15) is 0 Å². The molecule has 7 heterocycles. The normalized spacial score (nSPS) is 12.8. The van der Waals surface area contributed by atoms with Gasteiger partial charge in [0.2, 0.25) is 0 Å². The Morgan fingerprint density at radius 1 is 0.301 bits per heavy atom. The smallest absolute Gasteiger partial charge is 0.266 e. The molecule has 0 atom stereocenters. The molecule has 6 aromatic carbocycles. The number of hydrogen-bond acceptors (Lipinski definition) is 8. The molecule has 0 saturated heterocycles. The quantitative estimate of drug-likeness (QED) is 0.0167. The summed E-state index contributed by atoms with van der Waals surface area (Å²) >= 11 is 12.4. The molecule has 3 nitrogen and oxygen atoms in total. The Morgan fingerprint density at radius 2 is 0.621 bits per heavy atom. The maximum atomic E-state index is 15.2. The molecule has 1 aliphatic heterocycles. The number of hydrogen-bond donors (Lipinski definition) is 0. The number of nitrogens with zero attached hydrogens (tertiary/aromatic N) is 1. The molecule has 0 unspecified atom stereocenters. The first kappa shape index (κ1) is 75.2. The largest absolute Gasteiger partial charge is 0.268 e. The fourth-order valence-corrected chi connectivity index (χ4v) is 24.3. The van der Waals surface area contributed by atoms with E-state index in [0.29, 0.717) is 11.1 Å². The van der Waals surface area contributed by atoms with Gasteiger partial charge in [-0.2, -0.15) is 0 Å². The number of carbonyl (C=O) groups is 2. The summed E-state index contributed by atoms with van der Waals surface area (Å²) in [6.45, 7) is 22.6. The second kappa shape index (κ2) is 35.1. The number of anilines is 1. The number of benzene rings is 6. The van der Waals surface area contributed by atoms with Crippen LogP contribution in [-0.4, -0.2) is 11.8 Å². The first-order chi connectivity index (χ1) is 50.4. The van der Waals surface area contributed by atoms with Gasteiger partial charge in [-0.3, -0.25) is 9.59 Å². The highest BCUT2D eigenvalue weighted by Crippen LogP contribution is 2.55. The summed E-state index contributed by atoms with van der Waals surface area (Å²) in [6, 6.07) is 42.0. The summed E-state index contributed by atoms with van der Waals surface area (Å²) in [5.74, 6) is -0.225. The van der Waals surface area contributed by atoms with Crippen LogP contribution < -0.4 is 4.90 Å². The number of aryl methyl sites for hydroxylation is 6. The van der Waals surface area contributed by atoms with Gasteiger partial charge in [0.05, 0.1) is 5.69 Å². The summed E-state index contributed by atoms with van der Waals surface area (Å²) in [4.78, 5) is 48.2. The SMILES string of the molecule is CCCCCCc1ccsc1-c1cc(CCCCCC)c(-c2cc(CCCCCC)c(-c3cc(CCCCCC)c(-c4cc(CCCCCC)c(-c5cc(CCCCCC)c(-c6ccc7c8ccc9c%10c(ccc(c%11cccc6c%117)c%108)C(=O)N(c6c(C(C)C)cccc6C(C)C)C9=O)s5)s4)s3)s2)s1. The second-order valence-electron chi connectivity index (χ2n) is 30.5. The number of carbonyl (C=O) groups excluding carboxylic acids is 2. The van der Waals surface area contributed by atoms with E-state index in [1.165, 1.54) is 257 Å². The van der Waals surface area contributed by atoms with Crippen molar-refractivity contribution in [2.75, 3.05) is 4.90 Å². The summed E-state index contributed by atoms with van der Waals surface area (Å²) in [5, 5.41) is 11.2. The van der Waals surface area contributed by atoms with Crippen LogP contribution >= 0.6 is 68.0 Å². The van der Waals surface area contributed by atoms with Gasteiger partial charge in [0, 0.05) is 70.2 Å². The molecule has 103 heavy (non-hydrogen) atoms. The van der Waals surface area contributed by atoms with E-state index in [-0.39, 0.29) is 23.7 Å². The molecule has 13 rings (SSSR count). The van der Waals surface area contributed by atoms with Gasteiger partial charge in [0.15, 0.2) is 0 Å². The highest BCUT2D eigenvalue weighted by atomic mass is 32.1. The molecule has 2 amide bonds. The van der Waals surface area contributed by atoms with Gasteiger partial charge in [-0.05, 0) is 231 Å². The predicted molar refractivity (Wildman–Crippen MR) is 460 cm³/mol. The highest BCUT2D eigenvalue weighted by Gasteiger charge is 2.38. The average Bonchev–Trinajstić information content (AvgIpc) is 1.68. The van der Waals surface area contributed by atoms with Gasteiger partial charge in [-0.25, -0.2) is 4.90 Å². The zero-order valence-electron chi connectivity index (χ0n) is 63.6. The van der Waals surface area contributed by atoms with Crippen molar-refractivity contribution in [2.24, 2.45) is 0 Å². The van der Waals surface area contributed by atoms with Crippen LogP contribution in [0.2, 0.25) is 0 Å². The number of fused-ring (bicyclic) bond motifs is 2. The molecule has 0 radical (unpaired) electrons. The van der Waals surface area contributed by atoms with Crippen LogP contribution in [0.3, 0.4) is 0 Å². The van der Waals surface area contributed by atoms with E-state index in [1.807, 2.05) is 34.8 Å². The van der Waals surface area contributed by atoms with Gasteiger partial charge >= 0.3 is 0 Å². The lowest BCUT2D eigenvalue weighted by Crippen LogP contribution is -2.41. The van der Waals surface area contributed by atoms with E-state index >= 15 is 9.59 Å². The Hall–Kier alpha value is -6.04. The molecule has 0 bridgehead atoms. The molecular weight excluding hydrogens is 1370 g/mol. The van der Waals surface area contributed by atoms with E-state index in [0.717, 1.165) is 70.5 Å². The molecule has 540 valence electrons. The third-order valence-corrected chi connectivity index (χ3v) is 29.9. The van der Waals surface area contributed by atoms with Gasteiger partial charge < -0.3 is 0 Å². The van der Waals surface area contributed by atoms with Crippen LogP contribution in [-0.2, 0) is 38.5 Å². The van der Waals surface area contributed by atoms with Crippen LogP contribution in [0.15, 0.2) is 115 Å². The van der Waals surface area contributed by atoms with Gasteiger partial charge in [-0.15, -0.1) is 68.0 Å². The molecule has 0 saturated carbocycles. The number of para-hydroxylation sites is 1. The molecule has 12 aromatic rings. The molecule has 1 aliphatic rings. The standard InChI is InChI=1S/C94H111NO2S6/c1-11-17-23-29-37-62-53-54-98-88(62)78-56-64(39-31-25-19-13-3)90(100-78)80-58-66(41-33-27-21-15-5)92(102-80)82-59-67(42-34-28-22-16-6)91(103-82)81-57-65(40-32-26-20-14-4)89(101-81)79-55-63(38-30-24-18-12-2)87(99-79)75-50-47-72-74-49-52-77-85-76(51-48-73(84(74)85)70-45-36-46-71(75)83(70)72)93(96)95(94(77)97)86-68(60(7)8)43-35-44-69(86)61(9)10/h35-36,43-61H,11-34,37-42H2,1-10H3. The van der Waals surface area contributed by atoms with Crippen molar-refractivity contribution >= 4 is 129 Å². The van der Waals surface area contributed by atoms with Crippen molar-refractivity contribution in [3.05, 3.63) is 170 Å². The Balaban J connectivity index is 0.915. The lowest BCUT2D eigenvalue weighted by Gasteiger charge is -2.32. The Kier molecular flexibility index (Phi) is 25.6. The summed E-state index contributed by atoms with van der Waals surface area (Å²) in [5.41, 5.74) is 14.5. The number of rotatable bonds is 39. The van der Waals surface area contributed by atoms with Crippen molar-refractivity contribution in [3.8, 4) is 59.2 Å². The zero-order valence-corrected chi connectivity index (χ0v) is 68.4. The topological polar surface area (TPSA) is 37.4 Å². The second-order valence-corrected chi connectivity index (χ2v) is 36.6.